The van der Waals surface area contributed by atoms with E-state index in [1.807, 2.05) is 12.1 Å². The number of hydrogen-bond acceptors (Lipinski definition) is 0. The third kappa shape index (κ3) is 2.63. The second kappa shape index (κ2) is 6.76. The monoisotopic (exact) mass is 403 g/mol. The van der Waals surface area contributed by atoms with Crippen molar-refractivity contribution in [3.05, 3.63) is 114 Å². The van der Waals surface area contributed by atoms with E-state index in [1.165, 1.54) is 49.4 Å². The topological polar surface area (TPSA) is 4.93 Å². The second-order valence-corrected chi connectivity index (χ2v) is 8.03. The Morgan fingerprint density at radius 1 is 0.533 bits per heavy atom. The SMILES string of the molecule is Clc1ccc(-c2ccc3c(c2)c2c4ccccc4ccc2n3-c2ccccc2)cc1. The van der Waals surface area contributed by atoms with Gasteiger partial charge in [-0.2, -0.15) is 0 Å². The molecule has 142 valence electrons. The van der Waals surface area contributed by atoms with Gasteiger partial charge in [-0.3, -0.25) is 0 Å². The Bertz CT molecular complexity index is 1530. The van der Waals surface area contributed by atoms with Crippen LogP contribution in [0.2, 0.25) is 5.02 Å². The Balaban J connectivity index is 1.76. The van der Waals surface area contributed by atoms with Crippen LogP contribution >= 0.6 is 11.6 Å². The van der Waals surface area contributed by atoms with E-state index in [4.69, 9.17) is 11.6 Å². The average Bonchev–Trinajstić information content (AvgIpc) is 3.14. The van der Waals surface area contributed by atoms with Crippen LogP contribution in [0.3, 0.4) is 0 Å². The zero-order chi connectivity index (χ0) is 20.1. The highest BCUT2D eigenvalue weighted by molar-refractivity contribution is 6.30. The highest BCUT2D eigenvalue weighted by Crippen LogP contribution is 2.38. The van der Waals surface area contributed by atoms with E-state index in [0.717, 1.165) is 5.02 Å². The zero-order valence-electron chi connectivity index (χ0n) is 16.2. The number of hydrogen-bond donors (Lipinski definition) is 0. The largest absolute Gasteiger partial charge is 0.309 e. The standard InChI is InChI=1S/C28H18ClN/c29-22-14-10-19(11-15-22)21-13-16-26-25(18-21)28-24-9-5-4-6-20(24)12-17-27(28)30(26)23-7-2-1-3-8-23/h1-18H. The molecule has 6 rings (SSSR count). The van der Waals surface area contributed by atoms with Crippen LogP contribution in [0.15, 0.2) is 109 Å². The maximum atomic E-state index is 6.11. The van der Waals surface area contributed by atoms with E-state index in [2.05, 4.69) is 102 Å². The van der Waals surface area contributed by atoms with E-state index in [1.54, 1.807) is 0 Å². The van der Waals surface area contributed by atoms with Crippen LogP contribution in [-0.4, -0.2) is 4.57 Å². The molecule has 5 aromatic carbocycles. The van der Waals surface area contributed by atoms with Crippen LogP contribution < -0.4 is 0 Å². The molecule has 0 aliphatic rings. The number of benzene rings is 5. The normalized spacial score (nSPS) is 11.5. The summed E-state index contributed by atoms with van der Waals surface area (Å²) in [5, 5.41) is 5.85. The third-order valence-corrected chi connectivity index (χ3v) is 6.10. The van der Waals surface area contributed by atoms with Crippen molar-refractivity contribution < 1.29 is 0 Å². The predicted molar refractivity (Wildman–Crippen MR) is 129 cm³/mol. The first kappa shape index (κ1) is 17.3. The second-order valence-electron chi connectivity index (χ2n) is 7.59. The van der Waals surface area contributed by atoms with Gasteiger partial charge in [0.15, 0.2) is 0 Å². The summed E-state index contributed by atoms with van der Waals surface area (Å²) in [6.45, 7) is 0. The quantitative estimate of drug-likeness (QED) is 0.274. The number of fused-ring (bicyclic) bond motifs is 5. The lowest BCUT2D eigenvalue weighted by molar-refractivity contribution is 1.18. The molecule has 0 aliphatic heterocycles. The van der Waals surface area contributed by atoms with Gasteiger partial charge in [-0.25, -0.2) is 0 Å². The molecule has 30 heavy (non-hydrogen) atoms. The van der Waals surface area contributed by atoms with Crippen molar-refractivity contribution in [1.29, 1.82) is 0 Å². The Morgan fingerprint density at radius 3 is 2.07 bits per heavy atom. The molecule has 1 aromatic heterocycles. The van der Waals surface area contributed by atoms with Gasteiger partial charge in [-0.15, -0.1) is 0 Å². The summed E-state index contributed by atoms with van der Waals surface area (Å²) in [5.74, 6) is 0. The fraction of sp³-hybridized carbons (Fsp3) is 0. The van der Waals surface area contributed by atoms with Crippen molar-refractivity contribution in [3.63, 3.8) is 0 Å². The molecule has 6 aromatic rings. The minimum Gasteiger partial charge on any atom is -0.309 e. The molecule has 2 heteroatoms. The van der Waals surface area contributed by atoms with E-state index in [0.29, 0.717) is 0 Å². The van der Waals surface area contributed by atoms with E-state index < -0.39 is 0 Å². The van der Waals surface area contributed by atoms with Crippen LogP contribution in [0.4, 0.5) is 0 Å². The summed E-state index contributed by atoms with van der Waals surface area (Å²) in [7, 11) is 0. The van der Waals surface area contributed by atoms with Crippen molar-refractivity contribution in [3.8, 4) is 16.8 Å². The molecule has 0 N–H and O–H groups in total. The van der Waals surface area contributed by atoms with Gasteiger partial charge in [0.1, 0.15) is 0 Å². The van der Waals surface area contributed by atoms with Gasteiger partial charge in [0.25, 0.3) is 0 Å². The first-order valence-electron chi connectivity index (χ1n) is 10.1. The third-order valence-electron chi connectivity index (χ3n) is 5.85. The van der Waals surface area contributed by atoms with E-state index >= 15 is 0 Å². The summed E-state index contributed by atoms with van der Waals surface area (Å²) in [4.78, 5) is 0. The van der Waals surface area contributed by atoms with Crippen molar-refractivity contribution in [2.75, 3.05) is 0 Å². The average molecular weight is 404 g/mol. The minimum absolute atomic E-state index is 0.756. The van der Waals surface area contributed by atoms with Gasteiger partial charge in [-0.05, 0) is 64.4 Å². The van der Waals surface area contributed by atoms with Gasteiger partial charge in [0.2, 0.25) is 0 Å². The highest BCUT2D eigenvalue weighted by atomic mass is 35.5. The first-order chi connectivity index (χ1) is 14.8. The number of nitrogens with zero attached hydrogens (tertiary/aromatic N) is 1. The molecule has 0 fully saturated rings. The molecule has 0 saturated carbocycles. The summed E-state index contributed by atoms with van der Waals surface area (Å²) in [6.07, 6.45) is 0. The molecule has 0 bridgehead atoms. The predicted octanol–water partition coefficient (Wildman–Crippen LogP) is 8.26. The van der Waals surface area contributed by atoms with Gasteiger partial charge in [0, 0.05) is 21.5 Å². The number of aromatic nitrogens is 1. The van der Waals surface area contributed by atoms with Crippen LogP contribution in [0.5, 0.6) is 0 Å². The highest BCUT2D eigenvalue weighted by Gasteiger charge is 2.15. The lowest BCUT2D eigenvalue weighted by Gasteiger charge is -2.08. The van der Waals surface area contributed by atoms with Crippen molar-refractivity contribution >= 4 is 44.2 Å². The number of para-hydroxylation sites is 1. The van der Waals surface area contributed by atoms with Crippen molar-refractivity contribution in [2.24, 2.45) is 0 Å². The molecule has 1 heterocycles. The minimum atomic E-state index is 0.756. The molecular weight excluding hydrogens is 386 g/mol. The Kier molecular flexibility index (Phi) is 3.90. The molecule has 0 saturated heterocycles. The van der Waals surface area contributed by atoms with E-state index in [9.17, 15) is 0 Å². The number of rotatable bonds is 2. The van der Waals surface area contributed by atoms with Gasteiger partial charge >= 0.3 is 0 Å². The molecule has 0 atom stereocenters. The van der Waals surface area contributed by atoms with Crippen LogP contribution in [0, 0.1) is 0 Å². The summed E-state index contributed by atoms with van der Waals surface area (Å²) < 4.78 is 2.36. The summed E-state index contributed by atoms with van der Waals surface area (Å²) in [5.41, 5.74) is 5.97. The Morgan fingerprint density at radius 2 is 1.23 bits per heavy atom. The van der Waals surface area contributed by atoms with Crippen LogP contribution in [0.25, 0.3) is 49.4 Å². The molecule has 0 radical (unpaired) electrons. The fourth-order valence-electron chi connectivity index (χ4n) is 4.47. The van der Waals surface area contributed by atoms with Gasteiger partial charge in [0.05, 0.1) is 11.0 Å². The smallest absolute Gasteiger partial charge is 0.0547 e. The molecule has 0 amide bonds. The van der Waals surface area contributed by atoms with E-state index in [-0.39, 0.29) is 0 Å². The number of halogens is 1. The molecule has 1 nitrogen and oxygen atoms in total. The maximum absolute atomic E-state index is 6.11. The lowest BCUT2D eigenvalue weighted by Crippen LogP contribution is -1.93. The molecular formula is C28H18ClN. The summed E-state index contributed by atoms with van der Waals surface area (Å²) >= 11 is 6.11. The molecule has 0 unspecified atom stereocenters. The van der Waals surface area contributed by atoms with Gasteiger partial charge in [-0.1, -0.05) is 78.3 Å². The van der Waals surface area contributed by atoms with Crippen molar-refractivity contribution in [1.82, 2.24) is 4.57 Å². The first-order valence-corrected chi connectivity index (χ1v) is 10.4. The maximum Gasteiger partial charge on any atom is 0.0547 e. The van der Waals surface area contributed by atoms with Crippen LogP contribution in [0.1, 0.15) is 0 Å². The zero-order valence-corrected chi connectivity index (χ0v) is 17.0. The van der Waals surface area contributed by atoms with Gasteiger partial charge < -0.3 is 4.57 Å². The van der Waals surface area contributed by atoms with Crippen LogP contribution in [-0.2, 0) is 0 Å². The Labute approximate surface area is 179 Å². The van der Waals surface area contributed by atoms with Crippen molar-refractivity contribution in [2.45, 2.75) is 0 Å². The molecule has 0 spiro atoms. The summed E-state index contributed by atoms with van der Waals surface area (Å²) in [6, 6.07) is 38.5. The fourth-order valence-corrected chi connectivity index (χ4v) is 4.59. The Hall–Kier alpha value is -3.55. The lowest BCUT2D eigenvalue weighted by atomic mass is 10.00. The molecule has 0 aliphatic carbocycles.